The first kappa shape index (κ1) is 15.7. The van der Waals surface area contributed by atoms with Gasteiger partial charge in [0.2, 0.25) is 10.0 Å². The van der Waals surface area contributed by atoms with Crippen molar-refractivity contribution in [2.75, 3.05) is 6.54 Å². The highest BCUT2D eigenvalue weighted by Crippen LogP contribution is 2.24. The molecule has 0 saturated heterocycles. The number of nitrogens with two attached hydrogens (primary N) is 1. The monoisotopic (exact) mass is 326 g/mol. The fourth-order valence-corrected chi connectivity index (χ4v) is 2.80. The maximum absolute atomic E-state index is 11.9. The molecule has 0 heterocycles. The van der Waals surface area contributed by atoms with Crippen LogP contribution in [-0.2, 0) is 10.0 Å². The second-order valence-electron chi connectivity index (χ2n) is 3.54. The van der Waals surface area contributed by atoms with Gasteiger partial charge in [-0.25, -0.2) is 13.1 Å². The van der Waals surface area contributed by atoms with Gasteiger partial charge in [0.25, 0.3) is 0 Å². The van der Waals surface area contributed by atoms with Crippen molar-refractivity contribution < 1.29 is 8.42 Å². The zero-order valence-electron chi connectivity index (χ0n) is 9.32. The Morgan fingerprint density at radius 1 is 1.33 bits per heavy atom. The van der Waals surface area contributed by atoms with Gasteiger partial charge in [-0.1, -0.05) is 35.4 Å². The highest BCUT2D eigenvalue weighted by molar-refractivity contribution is 7.89. The highest BCUT2D eigenvalue weighted by atomic mass is 35.5. The third kappa shape index (κ3) is 4.70. The largest absolute Gasteiger partial charge is 0.393 e. The first-order valence-corrected chi connectivity index (χ1v) is 7.70. The topological polar surface area (TPSA) is 72.2 Å². The molecule has 0 aliphatic heterocycles. The van der Waals surface area contributed by atoms with Crippen molar-refractivity contribution in [1.29, 1.82) is 0 Å². The molecule has 0 saturated carbocycles. The minimum atomic E-state index is -3.57. The molecule has 1 rings (SSSR count). The number of thiocarbonyl (C=S) groups is 1. The fraction of sp³-hybridized carbons (Fsp3) is 0.300. The van der Waals surface area contributed by atoms with E-state index >= 15 is 0 Å². The number of hydrogen-bond acceptors (Lipinski definition) is 3. The molecule has 18 heavy (non-hydrogen) atoms. The molecule has 0 unspecified atom stereocenters. The number of benzene rings is 1. The molecule has 0 amide bonds. The molecule has 1 aromatic carbocycles. The summed E-state index contributed by atoms with van der Waals surface area (Å²) >= 11 is 16.2. The standard InChI is InChI=1S/C10H12Cl2N2O2S2/c11-8-4-3-7(6-9(8)12)18(15,16)14-5-1-2-10(13)17/h3-4,6,14H,1-2,5H2,(H2,13,17). The predicted molar refractivity (Wildman–Crippen MR) is 77.7 cm³/mol. The van der Waals surface area contributed by atoms with Crippen molar-refractivity contribution >= 4 is 50.4 Å². The quantitative estimate of drug-likeness (QED) is 0.621. The van der Waals surface area contributed by atoms with E-state index in [4.69, 9.17) is 41.2 Å². The van der Waals surface area contributed by atoms with Crippen LogP contribution in [0.1, 0.15) is 12.8 Å². The van der Waals surface area contributed by atoms with Crippen LogP contribution >= 0.6 is 35.4 Å². The lowest BCUT2D eigenvalue weighted by Gasteiger charge is -2.07. The summed E-state index contributed by atoms with van der Waals surface area (Å²) in [4.78, 5) is 0.441. The molecule has 0 radical (unpaired) electrons. The average Bonchev–Trinajstić information content (AvgIpc) is 2.28. The Bertz CT molecular complexity index is 547. The number of halogens is 2. The first-order valence-electron chi connectivity index (χ1n) is 5.06. The number of hydrogen-bond donors (Lipinski definition) is 2. The van der Waals surface area contributed by atoms with Crippen LogP contribution in [0, 0.1) is 0 Å². The van der Waals surface area contributed by atoms with Crippen LogP contribution in [0.4, 0.5) is 0 Å². The molecule has 4 nitrogen and oxygen atoms in total. The van der Waals surface area contributed by atoms with E-state index in [2.05, 4.69) is 4.72 Å². The van der Waals surface area contributed by atoms with Crippen LogP contribution in [0.2, 0.25) is 10.0 Å². The number of nitrogens with one attached hydrogen (secondary N) is 1. The van der Waals surface area contributed by atoms with E-state index in [1.807, 2.05) is 0 Å². The van der Waals surface area contributed by atoms with E-state index in [0.29, 0.717) is 22.9 Å². The van der Waals surface area contributed by atoms with E-state index in [1.54, 1.807) is 0 Å². The molecule has 0 aliphatic carbocycles. The summed E-state index contributed by atoms with van der Waals surface area (Å²) in [6, 6.07) is 4.14. The molecular weight excluding hydrogens is 315 g/mol. The molecule has 1 aromatic rings. The predicted octanol–water partition coefficient (Wildman–Crippen LogP) is 2.34. The number of sulfonamides is 1. The maximum atomic E-state index is 11.9. The van der Waals surface area contributed by atoms with Gasteiger partial charge in [-0.15, -0.1) is 0 Å². The van der Waals surface area contributed by atoms with Gasteiger partial charge in [0.05, 0.1) is 19.9 Å². The fourth-order valence-electron chi connectivity index (χ4n) is 1.20. The van der Waals surface area contributed by atoms with Gasteiger partial charge in [-0.3, -0.25) is 0 Å². The lowest BCUT2D eigenvalue weighted by Crippen LogP contribution is -2.25. The van der Waals surface area contributed by atoms with Gasteiger partial charge in [0, 0.05) is 6.54 Å². The number of rotatable bonds is 6. The molecule has 3 N–H and O–H groups in total. The van der Waals surface area contributed by atoms with Crippen molar-refractivity contribution in [3.05, 3.63) is 28.2 Å². The van der Waals surface area contributed by atoms with Crippen molar-refractivity contribution in [3.8, 4) is 0 Å². The zero-order chi connectivity index (χ0) is 13.8. The third-order valence-electron chi connectivity index (χ3n) is 2.09. The maximum Gasteiger partial charge on any atom is 0.240 e. The van der Waals surface area contributed by atoms with Gasteiger partial charge in [-0.2, -0.15) is 0 Å². The van der Waals surface area contributed by atoms with Crippen LogP contribution < -0.4 is 10.5 Å². The lowest BCUT2D eigenvalue weighted by atomic mass is 10.3. The molecule has 0 bridgehead atoms. The van der Waals surface area contributed by atoms with Crippen molar-refractivity contribution in [3.63, 3.8) is 0 Å². The summed E-state index contributed by atoms with van der Waals surface area (Å²) in [5.74, 6) is 0. The average molecular weight is 327 g/mol. The normalized spacial score (nSPS) is 11.4. The van der Waals surface area contributed by atoms with Gasteiger partial charge < -0.3 is 5.73 Å². The summed E-state index contributed by atoms with van der Waals surface area (Å²) in [6.45, 7) is 0.264. The van der Waals surface area contributed by atoms with Gasteiger partial charge in [0.1, 0.15) is 0 Å². The minimum absolute atomic E-state index is 0.0761. The first-order chi connectivity index (χ1) is 8.33. The molecule has 0 fully saturated rings. The third-order valence-corrected chi connectivity index (χ3v) is 4.50. The molecule has 100 valence electrons. The van der Waals surface area contributed by atoms with Crippen molar-refractivity contribution in [2.45, 2.75) is 17.7 Å². The van der Waals surface area contributed by atoms with Gasteiger partial charge in [0.15, 0.2) is 0 Å². The van der Waals surface area contributed by atoms with Crippen LogP contribution in [0.15, 0.2) is 23.1 Å². The second kappa shape index (κ2) is 6.68. The molecule has 0 aliphatic rings. The Morgan fingerprint density at radius 3 is 2.56 bits per heavy atom. The Morgan fingerprint density at radius 2 is 2.00 bits per heavy atom. The summed E-state index contributed by atoms with van der Waals surface area (Å²) in [6.07, 6.45) is 1.05. The van der Waals surface area contributed by atoms with E-state index in [0.717, 1.165) is 0 Å². The summed E-state index contributed by atoms with van der Waals surface area (Å²) in [7, 11) is -3.57. The summed E-state index contributed by atoms with van der Waals surface area (Å²) < 4.78 is 26.2. The SMILES string of the molecule is NC(=S)CCCNS(=O)(=O)c1ccc(Cl)c(Cl)c1. The highest BCUT2D eigenvalue weighted by Gasteiger charge is 2.14. The van der Waals surface area contributed by atoms with Crippen LogP contribution in [0.5, 0.6) is 0 Å². The second-order valence-corrected chi connectivity index (χ2v) is 6.65. The van der Waals surface area contributed by atoms with E-state index in [9.17, 15) is 8.42 Å². The smallest absolute Gasteiger partial charge is 0.240 e. The minimum Gasteiger partial charge on any atom is -0.393 e. The lowest BCUT2D eigenvalue weighted by molar-refractivity contribution is 0.580. The Hall–Kier alpha value is -0.400. The molecule has 0 atom stereocenters. The molecular formula is C10H12Cl2N2O2S2. The Kier molecular flexibility index (Phi) is 5.81. The van der Waals surface area contributed by atoms with Crippen LogP contribution in [0.3, 0.4) is 0 Å². The molecule has 0 spiro atoms. The Labute approximate surface area is 122 Å². The Balaban J connectivity index is 2.68. The van der Waals surface area contributed by atoms with E-state index in [1.165, 1.54) is 18.2 Å². The molecule has 8 heteroatoms. The van der Waals surface area contributed by atoms with E-state index < -0.39 is 10.0 Å². The van der Waals surface area contributed by atoms with Gasteiger partial charge >= 0.3 is 0 Å². The molecule has 0 aromatic heterocycles. The van der Waals surface area contributed by atoms with Crippen molar-refractivity contribution in [1.82, 2.24) is 4.72 Å². The van der Waals surface area contributed by atoms with Crippen LogP contribution in [-0.4, -0.2) is 20.0 Å². The van der Waals surface area contributed by atoms with Crippen LogP contribution in [0.25, 0.3) is 0 Å². The van der Waals surface area contributed by atoms with Gasteiger partial charge in [-0.05, 0) is 31.0 Å². The summed E-state index contributed by atoms with van der Waals surface area (Å²) in [5, 5.41) is 0.506. The van der Waals surface area contributed by atoms with E-state index in [-0.39, 0.29) is 16.5 Å². The summed E-state index contributed by atoms with van der Waals surface area (Å²) in [5.41, 5.74) is 5.31. The van der Waals surface area contributed by atoms with Crippen molar-refractivity contribution in [2.24, 2.45) is 5.73 Å². The zero-order valence-corrected chi connectivity index (χ0v) is 12.5.